The van der Waals surface area contributed by atoms with Crippen molar-refractivity contribution in [3.05, 3.63) is 78.0 Å². The molecule has 1 amide bonds. The lowest BCUT2D eigenvalue weighted by Gasteiger charge is -2.03. The topological polar surface area (TPSA) is 91.2 Å². The number of nitrogens with one attached hydrogen (secondary N) is 2. The van der Waals surface area contributed by atoms with Crippen LogP contribution in [0.2, 0.25) is 0 Å². The van der Waals surface area contributed by atoms with E-state index >= 15 is 0 Å². The first-order valence-corrected chi connectivity index (χ1v) is 9.83. The highest BCUT2D eigenvalue weighted by atomic mass is 32.2. The number of carbonyl (C=O) groups is 1. The molecule has 0 saturated carbocycles. The number of benzene rings is 2. The van der Waals surface area contributed by atoms with Gasteiger partial charge in [0, 0.05) is 10.6 Å². The molecule has 0 saturated heterocycles. The number of anilines is 1. The van der Waals surface area contributed by atoms with Gasteiger partial charge in [-0.3, -0.25) is 4.79 Å². The molecule has 7 heteroatoms. The zero-order valence-corrected chi connectivity index (χ0v) is 16.0. The van der Waals surface area contributed by atoms with Gasteiger partial charge in [-0.2, -0.15) is 0 Å². The van der Waals surface area contributed by atoms with E-state index in [1.54, 1.807) is 43.0 Å². The van der Waals surface area contributed by atoms with Gasteiger partial charge >= 0.3 is 0 Å². The molecule has 0 radical (unpaired) electrons. The predicted octanol–water partition coefficient (Wildman–Crippen LogP) is 4.75. The molecular weight excluding hydrogens is 374 g/mol. The summed E-state index contributed by atoms with van der Waals surface area (Å²) in [7, 11) is 0. The fourth-order valence-corrected chi connectivity index (χ4v) is 3.56. The molecule has 2 heterocycles. The normalized spacial score (nSPS) is 12.2. The SMILES string of the molecule is CC(O)c1nc2ccc(NC(=O)c3ccc(CSc4ccccc4)o3)cc2[nH]1. The Morgan fingerprint density at radius 2 is 2.04 bits per heavy atom. The number of thioether (sulfide) groups is 1. The largest absolute Gasteiger partial charge is 0.455 e. The molecule has 4 aromatic rings. The fraction of sp³-hybridized carbons (Fsp3) is 0.143. The molecule has 4 rings (SSSR count). The highest BCUT2D eigenvalue weighted by Gasteiger charge is 2.13. The van der Waals surface area contributed by atoms with Gasteiger partial charge in [-0.15, -0.1) is 11.8 Å². The van der Waals surface area contributed by atoms with Gasteiger partial charge in [0.2, 0.25) is 0 Å². The quantitative estimate of drug-likeness (QED) is 0.411. The molecule has 0 bridgehead atoms. The Labute approximate surface area is 166 Å². The smallest absolute Gasteiger partial charge is 0.291 e. The third kappa shape index (κ3) is 4.11. The van der Waals surface area contributed by atoms with Crippen molar-refractivity contribution in [1.29, 1.82) is 0 Å². The summed E-state index contributed by atoms with van der Waals surface area (Å²) >= 11 is 1.65. The van der Waals surface area contributed by atoms with Crippen molar-refractivity contribution >= 4 is 34.4 Å². The van der Waals surface area contributed by atoms with Crippen molar-refractivity contribution in [3.63, 3.8) is 0 Å². The minimum absolute atomic E-state index is 0.262. The van der Waals surface area contributed by atoms with Crippen LogP contribution >= 0.6 is 11.8 Å². The lowest BCUT2D eigenvalue weighted by molar-refractivity contribution is 0.0995. The van der Waals surface area contributed by atoms with Gasteiger partial charge in [0.25, 0.3) is 5.91 Å². The minimum atomic E-state index is -0.680. The number of rotatable bonds is 6. The van der Waals surface area contributed by atoms with E-state index in [4.69, 9.17) is 4.42 Å². The van der Waals surface area contributed by atoms with Gasteiger partial charge in [0.15, 0.2) is 5.76 Å². The Hall–Kier alpha value is -3.03. The van der Waals surface area contributed by atoms with E-state index in [1.165, 1.54) is 0 Å². The highest BCUT2D eigenvalue weighted by molar-refractivity contribution is 7.98. The van der Waals surface area contributed by atoms with Crippen LogP contribution in [0.5, 0.6) is 0 Å². The van der Waals surface area contributed by atoms with Crippen LogP contribution in [0.25, 0.3) is 11.0 Å². The van der Waals surface area contributed by atoms with Crippen molar-refractivity contribution in [2.75, 3.05) is 5.32 Å². The molecule has 0 aliphatic heterocycles. The van der Waals surface area contributed by atoms with E-state index in [9.17, 15) is 9.90 Å². The molecule has 3 N–H and O–H groups in total. The van der Waals surface area contributed by atoms with Crippen LogP contribution in [0, 0.1) is 0 Å². The number of furan rings is 1. The first-order chi connectivity index (χ1) is 13.6. The number of hydrogen-bond acceptors (Lipinski definition) is 5. The van der Waals surface area contributed by atoms with Crippen LogP contribution in [0.15, 0.2) is 70.0 Å². The van der Waals surface area contributed by atoms with Crippen molar-refractivity contribution < 1.29 is 14.3 Å². The monoisotopic (exact) mass is 393 g/mol. The van der Waals surface area contributed by atoms with E-state index in [2.05, 4.69) is 15.3 Å². The number of aromatic nitrogens is 2. The Morgan fingerprint density at radius 1 is 1.21 bits per heavy atom. The maximum atomic E-state index is 12.5. The second-order valence-electron chi connectivity index (χ2n) is 6.35. The number of imidazole rings is 1. The summed E-state index contributed by atoms with van der Waals surface area (Å²) in [6, 6.07) is 18.9. The third-order valence-corrected chi connectivity index (χ3v) is 5.20. The van der Waals surface area contributed by atoms with E-state index in [-0.39, 0.29) is 11.7 Å². The number of H-pyrrole nitrogens is 1. The van der Waals surface area contributed by atoms with Crippen molar-refractivity contribution in [1.82, 2.24) is 9.97 Å². The Balaban J connectivity index is 1.42. The number of carbonyl (C=O) groups excluding carboxylic acids is 1. The van der Waals surface area contributed by atoms with Crippen molar-refractivity contribution in [2.24, 2.45) is 0 Å². The standard InChI is InChI=1S/C21H19N3O3S/c1-13(25)20-23-17-9-7-14(11-18(17)24-20)22-21(26)19-10-8-15(27-19)12-28-16-5-3-2-4-6-16/h2-11,13,25H,12H2,1H3,(H,22,26)(H,23,24). The lowest BCUT2D eigenvalue weighted by atomic mass is 10.2. The maximum Gasteiger partial charge on any atom is 0.291 e. The summed E-state index contributed by atoms with van der Waals surface area (Å²) in [6.07, 6.45) is -0.680. The Kier molecular flexibility index (Phi) is 5.18. The van der Waals surface area contributed by atoms with Gasteiger partial charge in [-0.25, -0.2) is 4.98 Å². The first-order valence-electron chi connectivity index (χ1n) is 8.84. The van der Waals surface area contributed by atoms with E-state index in [0.29, 0.717) is 17.3 Å². The summed E-state index contributed by atoms with van der Waals surface area (Å²) in [6.45, 7) is 1.64. The molecule has 28 heavy (non-hydrogen) atoms. The number of aliphatic hydroxyl groups is 1. The van der Waals surface area contributed by atoms with E-state index in [0.717, 1.165) is 21.7 Å². The Morgan fingerprint density at radius 3 is 2.82 bits per heavy atom. The molecule has 6 nitrogen and oxygen atoms in total. The van der Waals surface area contributed by atoms with E-state index < -0.39 is 6.10 Å². The van der Waals surface area contributed by atoms with Crippen molar-refractivity contribution in [2.45, 2.75) is 23.7 Å². The number of aromatic amines is 1. The van der Waals surface area contributed by atoms with Crippen LogP contribution in [0.1, 0.15) is 35.2 Å². The summed E-state index contributed by atoms with van der Waals surface area (Å²) < 4.78 is 5.68. The average Bonchev–Trinajstić information content (AvgIpc) is 3.34. The van der Waals surface area contributed by atoms with Crippen LogP contribution in [-0.4, -0.2) is 21.0 Å². The molecule has 2 aromatic carbocycles. The second kappa shape index (κ2) is 7.92. The molecule has 0 fully saturated rings. The number of aliphatic hydroxyl groups excluding tert-OH is 1. The first kappa shape index (κ1) is 18.3. The minimum Gasteiger partial charge on any atom is -0.455 e. The summed E-state index contributed by atoms with van der Waals surface area (Å²) in [5, 5.41) is 12.5. The summed E-state index contributed by atoms with van der Waals surface area (Å²) in [4.78, 5) is 21.0. The molecule has 0 aliphatic rings. The molecular formula is C21H19N3O3S. The maximum absolute atomic E-state index is 12.5. The van der Waals surface area contributed by atoms with Crippen LogP contribution in [-0.2, 0) is 5.75 Å². The van der Waals surface area contributed by atoms with Gasteiger partial charge < -0.3 is 19.8 Å². The lowest BCUT2D eigenvalue weighted by Crippen LogP contribution is -2.10. The fourth-order valence-electron chi connectivity index (χ4n) is 2.75. The number of fused-ring (bicyclic) bond motifs is 1. The van der Waals surface area contributed by atoms with Gasteiger partial charge in [-0.05, 0) is 49.4 Å². The molecule has 1 atom stereocenters. The molecule has 0 aliphatic carbocycles. The van der Waals surface area contributed by atoms with Crippen LogP contribution in [0.4, 0.5) is 5.69 Å². The van der Waals surface area contributed by atoms with E-state index in [1.807, 2.05) is 36.4 Å². The third-order valence-electron chi connectivity index (χ3n) is 4.16. The number of nitrogens with zero attached hydrogens (tertiary/aromatic N) is 1. The van der Waals surface area contributed by atoms with Gasteiger partial charge in [-0.1, -0.05) is 18.2 Å². The Bertz CT molecular complexity index is 1100. The molecule has 142 valence electrons. The zero-order chi connectivity index (χ0) is 19.5. The average molecular weight is 393 g/mol. The molecule has 0 spiro atoms. The highest BCUT2D eigenvalue weighted by Crippen LogP contribution is 2.24. The van der Waals surface area contributed by atoms with Crippen LogP contribution < -0.4 is 5.32 Å². The van der Waals surface area contributed by atoms with Crippen molar-refractivity contribution in [3.8, 4) is 0 Å². The number of hydrogen-bond donors (Lipinski definition) is 3. The molecule has 2 aromatic heterocycles. The van der Waals surface area contributed by atoms with Gasteiger partial charge in [0.1, 0.15) is 17.7 Å². The zero-order valence-electron chi connectivity index (χ0n) is 15.2. The van der Waals surface area contributed by atoms with Gasteiger partial charge in [0.05, 0.1) is 16.8 Å². The predicted molar refractivity (Wildman–Crippen MR) is 109 cm³/mol. The summed E-state index contributed by atoms with van der Waals surface area (Å²) in [5.74, 6) is 1.83. The van der Waals surface area contributed by atoms with Crippen LogP contribution in [0.3, 0.4) is 0 Å². The molecule has 1 unspecified atom stereocenters. The second-order valence-corrected chi connectivity index (χ2v) is 7.40. The number of amides is 1. The summed E-state index contributed by atoms with van der Waals surface area (Å²) in [5.41, 5.74) is 2.09.